The van der Waals surface area contributed by atoms with Gasteiger partial charge in [0.25, 0.3) is 0 Å². The molecule has 0 spiro atoms. The lowest BCUT2D eigenvalue weighted by Crippen LogP contribution is -2.40. The van der Waals surface area contributed by atoms with Crippen LogP contribution in [0.3, 0.4) is 0 Å². The first kappa shape index (κ1) is 14.5. The van der Waals surface area contributed by atoms with Crippen molar-refractivity contribution in [1.82, 2.24) is 14.9 Å². The molecule has 0 bridgehead atoms. The van der Waals surface area contributed by atoms with Crippen molar-refractivity contribution in [3.63, 3.8) is 0 Å². The summed E-state index contributed by atoms with van der Waals surface area (Å²) in [5.41, 5.74) is 0. The Morgan fingerprint density at radius 3 is 2.95 bits per heavy atom. The third kappa shape index (κ3) is 4.05. The first-order valence-electron chi connectivity index (χ1n) is 7.55. The lowest BCUT2D eigenvalue weighted by molar-refractivity contribution is 0.0300. The predicted octanol–water partition coefficient (Wildman–Crippen LogP) is 2.29. The Kier molecular flexibility index (Phi) is 5.40. The largest absolute Gasteiger partial charge is 0.374 e. The number of nitrogens with one attached hydrogen (secondary N) is 1. The maximum Gasteiger partial charge on any atom is 0.108 e. The van der Waals surface area contributed by atoms with Gasteiger partial charge in [-0.3, -0.25) is 0 Å². The van der Waals surface area contributed by atoms with Gasteiger partial charge in [0.1, 0.15) is 5.82 Å². The highest BCUT2D eigenvalue weighted by Gasteiger charge is 2.29. The molecule has 1 fully saturated rings. The van der Waals surface area contributed by atoms with Crippen LogP contribution < -0.4 is 5.32 Å². The average molecular weight is 265 g/mol. The van der Waals surface area contributed by atoms with E-state index in [-0.39, 0.29) is 0 Å². The molecule has 1 saturated heterocycles. The number of hydrogen-bond donors (Lipinski definition) is 1. The number of aryl methyl sites for hydroxylation is 2. The van der Waals surface area contributed by atoms with Crippen LogP contribution in [0, 0.1) is 0 Å². The van der Waals surface area contributed by atoms with Crippen molar-refractivity contribution in [3.05, 3.63) is 18.2 Å². The van der Waals surface area contributed by atoms with Gasteiger partial charge in [-0.2, -0.15) is 0 Å². The standard InChI is InChI=1S/C15H27N3O/c1-4-9-16-13(14-7-5-12(2)19-14)6-8-15-17-10-11-18(15)3/h10-14,16H,4-9H2,1-3H3. The van der Waals surface area contributed by atoms with E-state index in [9.17, 15) is 0 Å². The molecule has 1 aliphatic heterocycles. The molecular formula is C15H27N3O. The molecule has 0 radical (unpaired) electrons. The summed E-state index contributed by atoms with van der Waals surface area (Å²) in [6.07, 6.45) is 10.3. The van der Waals surface area contributed by atoms with Gasteiger partial charge in [0.05, 0.1) is 12.2 Å². The number of ether oxygens (including phenoxy) is 1. The van der Waals surface area contributed by atoms with Gasteiger partial charge in [-0.1, -0.05) is 6.92 Å². The van der Waals surface area contributed by atoms with Crippen LogP contribution in [0.25, 0.3) is 0 Å². The zero-order valence-corrected chi connectivity index (χ0v) is 12.4. The molecule has 108 valence electrons. The van der Waals surface area contributed by atoms with Crippen molar-refractivity contribution in [1.29, 1.82) is 0 Å². The predicted molar refractivity (Wildman–Crippen MR) is 77.2 cm³/mol. The Hall–Kier alpha value is -0.870. The highest BCUT2D eigenvalue weighted by atomic mass is 16.5. The van der Waals surface area contributed by atoms with Crippen LogP contribution in [0.2, 0.25) is 0 Å². The van der Waals surface area contributed by atoms with Gasteiger partial charge in [0.15, 0.2) is 0 Å². The van der Waals surface area contributed by atoms with E-state index >= 15 is 0 Å². The van der Waals surface area contributed by atoms with Gasteiger partial charge < -0.3 is 14.6 Å². The molecule has 3 atom stereocenters. The van der Waals surface area contributed by atoms with E-state index < -0.39 is 0 Å². The van der Waals surface area contributed by atoms with Gasteiger partial charge >= 0.3 is 0 Å². The molecule has 1 aromatic heterocycles. The second kappa shape index (κ2) is 7.06. The average Bonchev–Trinajstić information content (AvgIpc) is 2.99. The molecule has 2 heterocycles. The van der Waals surface area contributed by atoms with E-state index in [2.05, 4.69) is 35.8 Å². The van der Waals surface area contributed by atoms with Crippen LogP contribution >= 0.6 is 0 Å². The van der Waals surface area contributed by atoms with E-state index in [4.69, 9.17) is 4.74 Å². The first-order chi connectivity index (χ1) is 9.20. The smallest absolute Gasteiger partial charge is 0.108 e. The summed E-state index contributed by atoms with van der Waals surface area (Å²) in [6, 6.07) is 0.460. The number of nitrogens with zero attached hydrogens (tertiary/aromatic N) is 2. The Morgan fingerprint density at radius 2 is 2.37 bits per heavy atom. The summed E-state index contributed by atoms with van der Waals surface area (Å²) in [5, 5.41) is 3.65. The summed E-state index contributed by atoms with van der Waals surface area (Å²) < 4.78 is 8.14. The van der Waals surface area contributed by atoms with Gasteiger partial charge in [0, 0.05) is 31.9 Å². The third-order valence-corrected chi connectivity index (χ3v) is 3.97. The van der Waals surface area contributed by atoms with Crippen LogP contribution in [0.5, 0.6) is 0 Å². The van der Waals surface area contributed by atoms with E-state index in [1.54, 1.807) is 0 Å². The Bertz CT molecular complexity index is 377. The summed E-state index contributed by atoms with van der Waals surface area (Å²) in [7, 11) is 2.06. The van der Waals surface area contributed by atoms with Crippen molar-refractivity contribution in [2.24, 2.45) is 7.05 Å². The van der Waals surface area contributed by atoms with Crippen LogP contribution in [0.4, 0.5) is 0 Å². The SMILES string of the molecule is CCCNC(CCc1nccn1C)C1CCC(C)O1. The van der Waals surface area contributed by atoms with Gasteiger partial charge in [-0.05, 0) is 39.2 Å². The highest BCUT2D eigenvalue weighted by molar-refractivity contribution is 4.93. The molecule has 0 saturated carbocycles. The molecule has 1 aromatic rings. The normalized spacial score (nSPS) is 24.8. The number of rotatable bonds is 7. The summed E-state index contributed by atoms with van der Waals surface area (Å²) in [4.78, 5) is 4.40. The van der Waals surface area contributed by atoms with Crippen LogP contribution in [0.1, 0.15) is 45.4 Å². The van der Waals surface area contributed by atoms with Gasteiger partial charge in [-0.25, -0.2) is 4.98 Å². The van der Waals surface area contributed by atoms with Gasteiger partial charge in [0.2, 0.25) is 0 Å². The first-order valence-corrected chi connectivity index (χ1v) is 7.55. The Balaban J connectivity index is 1.88. The monoisotopic (exact) mass is 265 g/mol. The van der Waals surface area contributed by atoms with Crippen molar-refractivity contribution in [2.45, 2.75) is 64.2 Å². The lowest BCUT2D eigenvalue weighted by atomic mass is 10.0. The molecule has 3 unspecified atom stereocenters. The minimum atomic E-state index is 0.377. The molecule has 1 aliphatic rings. The molecule has 1 N–H and O–H groups in total. The van der Waals surface area contributed by atoms with Gasteiger partial charge in [-0.15, -0.1) is 0 Å². The number of hydrogen-bond acceptors (Lipinski definition) is 3. The fourth-order valence-corrected chi connectivity index (χ4v) is 2.80. The molecule has 0 aromatic carbocycles. The molecule has 0 aliphatic carbocycles. The Morgan fingerprint density at radius 1 is 1.53 bits per heavy atom. The number of aromatic nitrogens is 2. The molecule has 2 rings (SSSR count). The van der Waals surface area contributed by atoms with Crippen molar-refractivity contribution >= 4 is 0 Å². The zero-order valence-electron chi connectivity index (χ0n) is 12.4. The summed E-state index contributed by atoms with van der Waals surface area (Å²) in [5.74, 6) is 1.16. The number of imidazole rings is 1. The molecular weight excluding hydrogens is 238 g/mol. The fourth-order valence-electron chi connectivity index (χ4n) is 2.80. The molecule has 0 amide bonds. The summed E-state index contributed by atoms with van der Waals surface area (Å²) >= 11 is 0. The summed E-state index contributed by atoms with van der Waals surface area (Å²) in [6.45, 7) is 5.45. The maximum absolute atomic E-state index is 6.03. The van der Waals surface area contributed by atoms with Crippen LogP contribution in [0.15, 0.2) is 12.4 Å². The molecule has 19 heavy (non-hydrogen) atoms. The molecule has 4 nitrogen and oxygen atoms in total. The lowest BCUT2D eigenvalue weighted by Gasteiger charge is -2.24. The van der Waals surface area contributed by atoms with Crippen LogP contribution in [-0.4, -0.2) is 34.3 Å². The second-order valence-electron chi connectivity index (χ2n) is 5.62. The maximum atomic E-state index is 6.03. The van der Waals surface area contributed by atoms with Crippen molar-refractivity contribution in [2.75, 3.05) is 6.54 Å². The zero-order chi connectivity index (χ0) is 13.7. The topological polar surface area (TPSA) is 39.1 Å². The van der Waals surface area contributed by atoms with E-state index in [0.29, 0.717) is 18.2 Å². The van der Waals surface area contributed by atoms with E-state index in [1.165, 1.54) is 19.3 Å². The van der Waals surface area contributed by atoms with E-state index in [1.807, 2.05) is 12.4 Å². The Labute approximate surface area is 116 Å². The minimum Gasteiger partial charge on any atom is -0.374 e. The fraction of sp³-hybridized carbons (Fsp3) is 0.800. The molecule has 4 heteroatoms. The van der Waals surface area contributed by atoms with Crippen molar-refractivity contribution in [3.8, 4) is 0 Å². The minimum absolute atomic E-state index is 0.377. The van der Waals surface area contributed by atoms with E-state index in [0.717, 1.165) is 25.2 Å². The highest BCUT2D eigenvalue weighted by Crippen LogP contribution is 2.23. The van der Waals surface area contributed by atoms with Crippen molar-refractivity contribution < 1.29 is 4.74 Å². The second-order valence-corrected chi connectivity index (χ2v) is 5.62. The quantitative estimate of drug-likeness (QED) is 0.822. The van der Waals surface area contributed by atoms with Crippen LogP contribution in [-0.2, 0) is 18.2 Å². The third-order valence-electron chi connectivity index (χ3n) is 3.97.